The number of carbonyl (C=O) groups excluding carboxylic acids is 1. The van der Waals surface area contributed by atoms with Gasteiger partial charge in [-0.05, 0) is 17.5 Å². The lowest BCUT2D eigenvalue weighted by molar-refractivity contribution is 0.0574. The molecule has 0 saturated carbocycles. The van der Waals surface area contributed by atoms with Crippen LogP contribution in [0.4, 0.5) is 0 Å². The molecular formula is C14H11N5O2S. The van der Waals surface area contributed by atoms with Crippen LogP contribution < -0.4 is 0 Å². The summed E-state index contributed by atoms with van der Waals surface area (Å²) in [5.41, 5.74) is 0. The molecule has 0 aliphatic carbocycles. The van der Waals surface area contributed by atoms with Gasteiger partial charge in [-0.25, -0.2) is 9.97 Å². The fourth-order valence-corrected chi connectivity index (χ4v) is 2.95. The minimum absolute atomic E-state index is 0.0531. The topological polar surface area (TPSA) is 85.0 Å². The summed E-state index contributed by atoms with van der Waals surface area (Å²) in [4.78, 5) is 27.2. The summed E-state index contributed by atoms with van der Waals surface area (Å²) in [5.74, 6) is 1.46. The third-order valence-electron chi connectivity index (χ3n) is 3.46. The summed E-state index contributed by atoms with van der Waals surface area (Å²) in [5, 5.41) is 5.79. The molecule has 0 atom stereocenters. The van der Waals surface area contributed by atoms with E-state index in [-0.39, 0.29) is 11.8 Å². The minimum atomic E-state index is 0.0531. The molecule has 4 rings (SSSR count). The highest BCUT2D eigenvalue weighted by Gasteiger charge is 2.36. The fraction of sp³-hybridized carbons (Fsp3) is 0.214. The van der Waals surface area contributed by atoms with Crippen LogP contribution in [0.3, 0.4) is 0 Å². The van der Waals surface area contributed by atoms with E-state index in [9.17, 15) is 4.79 Å². The van der Waals surface area contributed by atoms with E-state index < -0.39 is 0 Å². The number of rotatable bonds is 3. The molecule has 22 heavy (non-hydrogen) atoms. The van der Waals surface area contributed by atoms with E-state index in [4.69, 9.17) is 4.52 Å². The number of likely N-dealkylation sites (tertiary alicyclic amines) is 1. The van der Waals surface area contributed by atoms with Gasteiger partial charge in [-0.2, -0.15) is 4.98 Å². The van der Waals surface area contributed by atoms with E-state index in [2.05, 4.69) is 20.1 Å². The van der Waals surface area contributed by atoms with Crippen molar-refractivity contribution in [3.05, 3.63) is 46.7 Å². The molecule has 1 aliphatic rings. The summed E-state index contributed by atoms with van der Waals surface area (Å²) in [6.07, 6.45) is 3.26. The highest BCUT2D eigenvalue weighted by atomic mass is 32.1. The third kappa shape index (κ3) is 2.27. The van der Waals surface area contributed by atoms with Crippen LogP contribution in [0.25, 0.3) is 11.6 Å². The maximum atomic E-state index is 12.1. The molecule has 8 heteroatoms. The van der Waals surface area contributed by atoms with Gasteiger partial charge in [-0.1, -0.05) is 11.2 Å². The second-order valence-electron chi connectivity index (χ2n) is 4.91. The fourth-order valence-electron chi connectivity index (χ4n) is 2.26. The van der Waals surface area contributed by atoms with Crippen LogP contribution in [-0.2, 0) is 0 Å². The quantitative estimate of drug-likeness (QED) is 0.733. The number of carbonyl (C=O) groups is 1. The van der Waals surface area contributed by atoms with Crippen molar-refractivity contribution in [1.82, 2.24) is 25.0 Å². The van der Waals surface area contributed by atoms with Crippen molar-refractivity contribution >= 4 is 17.2 Å². The lowest BCUT2D eigenvalue weighted by Gasteiger charge is -2.36. The van der Waals surface area contributed by atoms with Crippen LogP contribution >= 0.6 is 11.3 Å². The molecule has 4 heterocycles. The molecular weight excluding hydrogens is 302 g/mol. The molecule has 1 amide bonds. The minimum Gasteiger partial charge on any atom is -0.338 e. The molecule has 0 aromatic carbocycles. The van der Waals surface area contributed by atoms with Crippen molar-refractivity contribution in [3.63, 3.8) is 0 Å². The van der Waals surface area contributed by atoms with Crippen molar-refractivity contribution in [2.75, 3.05) is 13.1 Å². The van der Waals surface area contributed by atoms with Gasteiger partial charge in [0.25, 0.3) is 5.91 Å². The summed E-state index contributed by atoms with van der Waals surface area (Å²) in [6.45, 7) is 1.18. The van der Waals surface area contributed by atoms with Crippen molar-refractivity contribution in [2.24, 2.45) is 0 Å². The van der Waals surface area contributed by atoms with Gasteiger partial charge in [-0.15, -0.1) is 11.3 Å². The maximum Gasteiger partial charge on any atom is 0.263 e. The SMILES string of the molecule is O=C(c1cccs1)N1CC(c2nc(-c3ncccn3)no2)C1. The number of hydrogen-bond acceptors (Lipinski definition) is 7. The molecule has 1 aliphatic heterocycles. The van der Waals surface area contributed by atoms with Crippen LogP contribution in [0.1, 0.15) is 21.5 Å². The van der Waals surface area contributed by atoms with Crippen molar-refractivity contribution in [3.8, 4) is 11.6 Å². The van der Waals surface area contributed by atoms with Gasteiger partial charge >= 0.3 is 0 Å². The smallest absolute Gasteiger partial charge is 0.263 e. The maximum absolute atomic E-state index is 12.1. The van der Waals surface area contributed by atoms with Crippen molar-refractivity contribution in [2.45, 2.75) is 5.92 Å². The molecule has 110 valence electrons. The molecule has 0 unspecified atom stereocenters. The predicted octanol–water partition coefficient (Wildman–Crippen LogP) is 1.83. The number of hydrogen-bond donors (Lipinski definition) is 0. The van der Waals surface area contributed by atoms with Crippen LogP contribution in [0.15, 0.2) is 40.5 Å². The number of amides is 1. The highest BCUT2D eigenvalue weighted by molar-refractivity contribution is 7.12. The van der Waals surface area contributed by atoms with Gasteiger partial charge in [0.1, 0.15) is 0 Å². The van der Waals surface area contributed by atoms with Crippen LogP contribution in [0.5, 0.6) is 0 Å². The predicted molar refractivity (Wildman–Crippen MR) is 78.3 cm³/mol. The Labute approximate surface area is 129 Å². The normalized spacial score (nSPS) is 14.8. The van der Waals surface area contributed by atoms with Gasteiger partial charge < -0.3 is 9.42 Å². The monoisotopic (exact) mass is 313 g/mol. The summed E-state index contributed by atoms with van der Waals surface area (Å²) < 4.78 is 5.27. The van der Waals surface area contributed by atoms with E-state index in [1.54, 1.807) is 23.4 Å². The molecule has 7 nitrogen and oxygen atoms in total. The molecule has 0 N–H and O–H groups in total. The molecule has 1 saturated heterocycles. The van der Waals surface area contributed by atoms with Crippen molar-refractivity contribution < 1.29 is 9.32 Å². The lowest BCUT2D eigenvalue weighted by atomic mass is 10.00. The molecule has 0 bridgehead atoms. The molecule has 3 aromatic rings. The number of aromatic nitrogens is 4. The zero-order valence-corrected chi connectivity index (χ0v) is 12.2. The summed E-state index contributed by atoms with van der Waals surface area (Å²) in [6, 6.07) is 5.43. The summed E-state index contributed by atoms with van der Waals surface area (Å²) in [7, 11) is 0. The third-order valence-corrected chi connectivity index (χ3v) is 4.32. The van der Waals surface area contributed by atoms with E-state index in [1.807, 2.05) is 17.5 Å². The summed E-state index contributed by atoms with van der Waals surface area (Å²) >= 11 is 1.45. The largest absolute Gasteiger partial charge is 0.338 e. The zero-order chi connectivity index (χ0) is 14.9. The van der Waals surface area contributed by atoms with Crippen molar-refractivity contribution in [1.29, 1.82) is 0 Å². The van der Waals surface area contributed by atoms with E-state index >= 15 is 0 Å². The van der Waals surface area contributed by atoms with Gasteiger partial charge in [0.05, 0.1) is 10.8 Å². The molecule has 3 aromatic heterocycles. The van der Waals surface area contributed by atoms with Gasteiger partial charge in [0, 0.05) is 25.5 Å². The lowest BCUT2D eigenvalue weighted by Crippen LogP contribution is -2.48. The molecule has 0 radical (unpaired) electrons. The Hall–Kier alpha value is -2.61. The number of nitrogens with zero attached hydrogens (tertiary/aromatic N) is 5. The first-order valence-electron chi connectivity index (χ1n) is 6.75. The Morgan fingerprint density at radius 3 is 2.77 bits per heavy atom. The van der Waals surface area contributed by atoms with Crippen LogP contribution in [0, 0.1) is 0 Å². The zero-order valence-electron chi connectivity index (χ0n) is 11.4. The second kappa shape index (κ2) is 5.30. The van der Waals surface area contributed by atoms with E-state index in [0.717, 1.165) is 4.88 Å². The number of thiophene rings is 1. The Balaban J connectivity index is 1.43. The van der Waals surface area contributed by atoms with Crippen LogP contribution in [0.2, 0.25) is 0 Å². The van der Waals surface area contributed by atoms with Crippen LogP contribution in [-0.4, -0.2) is 44.0 Å². The Kier molecular flexibility index (Phi) is 3.15. The van der Waals surface area contributed by atoms with Gasteiger partial charge in [-0.3, -0.25) is 4.79 Å². The molecule has 0 spiro atoms. The van der Waals surface area contributed by atoms with Gasteiger partial charge in [0.2, 0.25) is 17.5 Å². The van der Waals surface area contributed by atoms with Gasteiger partial charge in [0.15, 0.2) is 0 Å². The standard InChI is InChI=1S/C14H11N5O2S/c20-14(10-3-1-6-22-10)19-7-9(8-19)13-17-12(18-21-13)11-15-4-2-5-16-11/h1-6,9H,7-8H2. The Morgan fingerprint density at radius 2 is 2.05 bits per heavy atom. The Morgan fingerprint density at radius 1 is 1.23 bits per heavy atom. The first-order chi connectivity index (χ1) is 10.8. The van der Waals surface area contributed by atoms with E-state index in [1.165, 1.54) is 11.3 Å². The first-order valence-corrected chi connectivity index (χ1v) is 7.63. The molecule has 1 fully saturated rings. The Bertz CT molecular complexity index is 781. The highest BCUT2D eigenvalue weighted by Crippen LogP contribution is 2.28. The average Bonchev–Trinajstić information content (AvgIpc) is 3.18. The van der Waals surface area contributed by atoms with E-state index in [0.29, 0.717) is 30.6 Å². The average molecular weight is 313 g/mol. The second-order valence-corrected chi connectivity index (χ2v) is 5.86. The first kappa shape index (κ1) is 13.1.